The Bertz CT molecular complexity index is 1230. The topological polar surface area (TPSA) is 71.8 Å². The molecule has 3 aromatic carbocycles. The minimum Gasteiger partial charge on any atom is -0.378 e. The van der Waals surface area contributed by atoms with Gasteiger partial charge in [-0.1, -0.05) is 60.3 Å². The maximum atomic E-state index is 13.0. The summed E-state index contributed by atoms with van der Waals surface area (Å²) in [5.41, 5.74) is 4.04. The summed E-state index contributed by atoms with van der Waals surface area (Å²) >= 11 is 1.49. The summed E-state index contributed by atoms with van der Waals surface area (Å²) in [4.78, 5) is 12.3. The molecule has 1 amide bonds. The summed E-state index contributed by atoms with van der Waals surface area (Å²) in [5.74, 6) is 0.995. The Morgan fingerprint density at radius 1 is 0.941 bits per heavy atom. The minimum absolute atomic E-state index is 0.0657. The van der Waals surface area contributed by atoms with Gasteiger partial charge in [-0.05, 0) is 48.4 Å². The van der Waals surface area contributed by atoms with Crippen LogP contribution in [0.25, 0.3) is 5.69 Å². The van der Waals surface area contributed by atoms with Crippen molar-refractivity contribution in [3.63, 3.8) is 0 Å². The number of rotatable bonds is 10. The molecule has 0 aliphatic carbocycles. The number of nitrogens with one attached hydrogen (secondary N) is 2. The zero-order valence-electron chi connectivity index (χ0n) is 18.9. The summed E-state index contributed by atoms with van der Waals surface area (Å²) in [6, 6.07) is 24.2. The third-order valence-corrected chi connectivity index (χ3v) is 6.19. The van der Waals surface area contributed by atoms with E-state index in [1.807, 2.05) is 53.1 Å². The van der Waals surface area contributed by atoms with Gasteiger partial charge >= 0.3 is 0 Å². The van der Waals surface area contributed by atoms with Crippen LogP contribution in [0, 0.1) is 12.7 Å². The van der Waals surface area contributed by atoms with Gasteiger partial charge in [0, 0.05) is 30.1 Å². The predicted octanol–water partition coefficient (Wildman–Crippen LogP) is 5.13. The van der Waals surface area contributed by atoms with Crippen molar-refractivity contribution < 1.29 is 9.18 Å². The zero-order chi connectivity index (χ0) is 23.8. The number of hydrogen-bond donors (Lipinski definition) is 2. The molecule has 174 valence electrons. The van der Waals surface area contributed by atoms with E-state index in [1.165, 1.54) is 23.9 Å². The van der Waals surface area contributed by atoms with Crippen molar-refractivity contribution in [2.45, 2.75) is 31.6 Å². The molecule has 0 bridgehead atoms. The lowest BCUT2D eigenvalue weighted by atomic mass is 10.2. The van der Waals surface area contributed by atoms with E-state index >= 15 is 0 Å². The Labute approximate surface area is 202 Å². The van der Waals surface area contributed by atoms with Crippen molar-refractivity contribution in [1.82, 2.24) is 20.1 Å². The molecule has 4 aromatic rings. The standard InChI is InChI=1S/C26H26FN5OS/c1-19-7-5-6-10-23(19)28-18-24-30-31-26(32(24)22-8-3-2-4-9-22)34-16-15-25(33)29-17-20-11-13-21(27)14-12-20/h2-14,28H,15-18H2,1H3,(H,29,33). The second kappa shape index (κ2) is 11.5. The largest absolute Gasteiger partial charge is 0.378 e. The molecule has 0 fully saturated rings. The molecule has 0 atom stereocenters. The lowest BCUT2D eigenvalue weighted by Crippen LogP contribution is -2.23. The van der Waals surface area contributed by atoms with Crippen LogP contribution < -0.4 is 10.6 Å². The molecule has 0 saturated heterocycles. The SMILES string of the molecule is Cc1ccccc1NCc1nnc(SCCC(=O)NCc2ccc(F)cc2)n1-c1ccccc1. The van der Waals surface area contributed by atoms with E-state index in [0.29, 0.717) is 25.3 Å². The van der Waals surface area contributed by atoms with Crippen LogP contribution in [0.15, 0.2) is 84.0 Å². The van der Waals surface area contributed by atoms with Gasteiger partial charge in [-0.2, -0.15) is 0 Å². The Hall–Kier alpha value is -3.65. The molecule has 4 rings (SSSR count). The summed E-state index contributed by atoms with van der Waals surface area (Å²) in [6.07, 6.45) is 0.338. The summed E-state index contributed by atoms with van der Waals surface area (Å²) in [6.45, 7) is 2.96. The van der Waals surface area contributed by atoms with Crippen molar-refractivity contribution >= 4 is 23.4 Å². The second-order valence-electron chi connectivity index (χ2n) is 7.74. The highest BCUT2D eigenvalue weighted by molar-refractivity contribution is 7.99. The number of amides is 1. The first-order valence-electron chi connectivity index (χ1n) is 11.0. The Kier molecular flexibility index (Phi) is 7.93. The second-order valence-corrected chi connectivity index (χ2v) is 8.80. The molecule has 0 spiro atoms. The van der Waals surface area contributed by atoms with E-state index in [2.05, 4.69) is 33.8 Å². The van der Waals surface area contributed by atoms with E-state index < -0.39 is 0 Å². The molecular weight excluding hydrogens is 449 g/mol. The molecule has 0 saturated carbocycles. The molecule has 2 N–H and O–H groups in total. The fourth-order valence-electron chi connectivity index (χ4n) is 3.42. The van der Waals surface area contributed by atoms with Crippen molar-refractivity contribution in [3.05, 3.63) is 102 Å². The first-order valence-corrected chi connectivity index (χ1v) is 12.0. The van der Waals surface area contributed by atoms with Gasteiger partial charge in [-0.25, -0.2) is 4.39 Å². The average Bonchev–Trinajstić information content (AvgIpc) is 3.26. The molecule has 1 heterocycles. The van der Waals surface area contributed by atoms with Gasteiger partial charge in [-0.3, -0.25) is 9.36 Å². The number of para-hydroxylation sites is 2. The van der Waals surface area contributed by atoms with Crippen LogP contribution in [0.4, 0.5) is 10.1 Å². The fourth-order valence-corrected chi connectivity index (χ4v) is 4.33. The summed E-state index contributed by atoms with van der Waals surface area (Å²) in [5, 5.41) is 15.9. The van der Waals surface area contributed by atoms with Crippen LogP contribution in [0.2, 0.25) is 0 Å². The maximum Gasteiger partial charge on any atom is 0.221 e. The lowest BCUT2D eigenvalue weighted by Gasteiger charge is -2.12. The Morgan fingerprint density at radius 2 is 1.68 bits per heavy atom. The van der Waals surface area contributed by atoms with Crippen molar-refractivity contribution in [2.24, 2.45) is 0 Å². The van der Waals surface area contributed by atoms with E-state index in [0.717, 1.165) is 33.5 Å². The monoisotopic (exact) mass is 475 g/mol. The predicted molar refractivity (Wildman–Crippen MR) is 133 cm³/mol. The third kappa shape index (κ3) is 6.23. The van der Waals surface area contributed by atoms with Crippen LogP contribution in [0.5, 0.6) is 0 Å². The zero-order valence-corrected chi connectivity index (χ0v) is 19.7. The number of aryl methyl sites for hydroxylation is 1. The van der Waals surface area contributed by atoms with E-state index in [1.54, 1.807) is 12.1 Å². The van der Waals surface area contributed by atoms with Gasteiger partial charge in [0.15, 0.2) is 11.0 Å². The molecule has 1 aromatic heterocycles. The number of thioether (sulfide) groups is 1. The van der Waals surface area contributed by atoms with Gasteiger partial charge < -0.3 is 10.6 Å². The number of aromatic nitrogens is 3. The number of carbonyl (C=O) groups excluding carboxylic acids is 1. The van der Waals surface area contributed by atoms with Crippen LogP contribution in [0.1, 0.15) is 23.4 Å². The Morgan fingerprint density at radius 3 is 2.44 bits per heavy atom. The molecule has 0 aliphatic rings. The van der Waals surface area contributed by atoms with E-state index in [-0.39, 0.29) is 11.7 Å². The van der Waals surface area contributed by atoms with Crippen molar-refractivity contribution in [3.8, 4) is 5.69 Å². The highest BCUT2D eigenvalue weighted by Gasteiger charge is 2.15. The molecule has 6 nitrogen and oxygen atoms in total. The number of carbonyl (C=O) groups is 1. The molecule has 0 aliphatic heterocycles. The molecule has 0 radical (unpaired) electrons. The maximum absolute atomic E-state index is 13.0. The third-order valence-electron chi connectivity index (χ3n) is 5.26. The molecular formula is C26H26FN5OS. The molecule has 8 heteroatoms. The lowest BCUT2D eigenvalue weighted by molar-refractivity contribution is -0.120. The Balaban J connectivity index is 1.38. The van der Waals surface area contributed by atoms with Gasteiger partial charge in [0.1, 0.15) is 5.82 Å². The summed E-state index contributed by atoms with van der Waals surface area (Å²) < 4.78 is 15.0. The van der Waals surface area contributed by atoms with Gasteiger partial charge in [-0.15, -0.1) is 10.2 Å². The normalized spacial score (nSPS) is 10.8. The smallest absolute Gasteiger partial charge is 0.221 e. The fraction of sp³-hybridized carbons (Fsp3) is 0.192. The quantitative estimate of drug-likeness (QED) is 0.311. The summed E-state index contributed by atoms with van der Waals surface area (Å²) in [7, 11) is 0. The number of anilines is 1. The van der Waals surface area contributed by atoms with E-state index in [9.17, 15) is 9.18 Å². The van der Waals surface area contributed by atoms with Crippen LogP contribution in [-0.2, 0) is 17.9 Å². The number of nitrogens with zero attached hydrogens (tertiary/aromatic N) is 3. The highest BCUT2D eigenvalue weighted by atomic mass is 32.2. The first-order chi connectivity index (χ1) is 16.6. The minimum atomic E-state index is -0.289. The highest BCUT2D eigenvalue weighted by Crippen LogP contribution is 2.23. The van der Waals surface area contributed by atoms with Gasteiger partial charge in [0.2, 0.25) is 5.91 Å². The number of benzene rings is 3. The molecule has 0 unspecified atom stereocenters. The first kappa shape index (κ1) is 23.5. The van der Waals surface area contributed by atoms with Crippen LogP contribution >= 0.6 is 11.8 Å². The van der Waals surface area contributed by atoms with Crippen LogP contribution in [-0.4, -0.2) is 26.4 Å². The van der Waals surface area contributed by atoms with Crippen LogP contribution in [0.3, 0.4) is 0 Å². The van der Waals surface area contributed by atoms with E-state index in [4.69, 9.17) is 0 Å². The number of hydrogen-bond acceptors (Lipinski definition) is 5. The van der Waals surface area contributed by atoms with Crippen molar-refractivity contribution in [1.29, 1.82) is 0 Å². The van der Waals surface area contributed by atoms with Gasteiger partial charge in [0.25, 0.3) is 0 Å². The number of halogens is 1. The van der Waals surface area contributed by atoms with Gasteiger partial charge in [0.05, 0.1) is 6.54 Å². The molecule has 34 heavy (non-hydrogen) atoms. The average molecular weight is 476 g/mol. The van der Waals surface area contributed by atoms with Crippen molar-refractivity contribution in [2.75, 3.05) is 11.1 Å².